The van der Waals surface area contributed by atoms with Gasteiger partial charge in [-0.2, -0.15) is 0 Å². The molecule has 6 nitrogen and oxygen atoms in total. The second-order valence-electron chi connectivity index (χ2n) is 6.42. The zero-order chi connectivity index (χ0) is 22.0. The Kier molecular flexibility index (Phi) is 9.18. The van der Waals surface area contributed by atoms with Crippen molar-refractivity contribution in [2.75, 3.05) is 20.8 Å². The lowest BCUT2D eigenvalue weighted by atomic mass is 10.0. The Labute approximate surface area is 178 Å². The van der Waals surface area contributed by atoms with Crippen molar-refractivity contribution in [1.82, 2.24) is 0 Å². The van der Waals surface area contributed by atoms with Crippen molar-refractivity contribution >= 4 is 19.3 Å². The van der Waals surface area contributed by atoms with Crippen molar-refractivity contribution in [2.45, 2.75) is 26.3 Å². The number of aliphatic imine (C=N–C) groups is 1. The van der Waals surface area contributed by atoms with Crippen LogP contribution in [0, 0.1) is 0 Å². The summed E-state index contributed by atoms with van der Waals surface area (Å²) in [6, 6.07) is 18.5. The number of hydrogen-bond donors (Lipinski definition) is 0. The molecule has 0 saturated heterocycles. The molecule has 0 heterocycles. The Morgan fingerprint density at radius 2 is 1.50 bits per heavy atom. The summed E-state index contributed by atoms with van der Waals surface area (Å²) in [6.07, 6.45) is 1.86. The molecule has 2 aromatic rings. The maximum absolute atomic E-state index is 12.7. The summed E-state index contributed by atoms with van der Waals surface area (Å²) >= 11 is 0. The predicted octanol–water partition coefficient (Wildman–Crippen LogP) is 5.24. The first-order chi connectivity index (χ1) is 14.4. The van der Waals surface area contributed by atoms with E-state index in [1.54, 1.807) is 19.9 Å². The number of allylic oxidation sites excluding steroid dienone is 1. The normalized spacial score (nSPS) is 12.9. The number of carbonyl (C=O) groups is 1. The Balaban J connectivity index is 2.49. The Hall–Kier alpha value is -2.53. The van der Waals surface area contributed by atoms with E-state index < -0.39 is 19.6 Å². The van der Waals surface area contributed by atoms with Crippen molar-refractivity contribution in [1.29, 1.82) is 0 Å². The number of benzene rings is 2. The number of esters is 1. The van der Waals surface area contributed by atoms with E-state index in [-0.39, 0.29) is 13.0 Å². The molecule has 0 aliphatic heterocycles. The molecule has 0 radical (unpaired) electrons. The summed E-state index contributed by atoms with van der Waals surface area (Å²) in [6.45, 7) is 3.64. The van der Waals surface area contributed by atoms with E-state index in [1.165, 1.54) is 14.2 Å². The van der Waals surface area contributed by atoms with Crippen LogP contribution in [0.25, 0.3) is 0 Å². The van der Waals surface area contributed by atoms with Gasteiger partial charge in [-0.25, -0.2) is 4.79 Å². The van der Waals surface area contributed by atoms with E-state index >= 15 is 0 Å². The van der Waals surface area contributed by atoms with Gasteiger partial charge < -0.3 is 13.8 Å². The number of carbonyl (C=O) groups excluding carboxylic acids is 1. The van der Waals surface area contributed by atoms with Gasteiger partial charge in [0.2, 0.25) is 0 Å². The summed E-state index contributed by atoms with van der Waals surface area (Å²) in [7, 11) is -0.714. The van der Waals surface area contributed by atoms with Crippen LogP contribution >= 0.6 is 7.60 Å². The molecule has 1 unspecified atom stereocenters. The van der Waals surface area contributed by atoms with Gasteiger partial charge in [0.15, 0.2) is 6.04 Å². The van der Waals surface area contributed by atoms with Crippen LogP contribution < -0.4 is 0 Å². The highest BCUT2D eigenvalue weighted by Gasteiger charge is 2.26. The van der Waals surface area contributed by atoms with Crippen molar-refractivity contribution < 1.29 is 23.1 Å². The van der Waals surface area contributed by atoms with Crippen LogP contribution in [-0.2, 0) is 23.1 Å². The third-order valence-corrected chi connectivity index (χ3v) is 6.50. The average molecular weight is 429 g/mol. The van der Waals surface area contributed by atoms with Crippen LogP contribution in [-0.4, -0.2) is 38.5 Å². The second-order valence-corrected chi connectivity index (χ2v) is 8.85. The van der Waals surface area contributed by atoms with E-state index in [1.807, 2.05) is 60.7 Å². The van der Waals surface area contributed by atoms with Gasteiger partial charge in [0.1, 0.15) is 0 Å². The van der Waals surface area contributed by atoms with Gasteiger partial charge in [0, 0.05) is 30.7 Å². The minimum Gasteiger partial charge on any atom is -0.464 e. The SMILES string of the molecule is CCOC(=O)C(C/C=C(\C)P(=O)(OC)OC)N=C(c1ccccc1)c1ccccc1. The highest BCUT2D eigenvalue weighted by atomic mass is 31.2. The molecule has 2 aromatic carbocycles. The van der Waals surface area contributed by atoms with Crippen LogP contribution in [0.15, 0.2) is 77.0 Å². The lowest BCUT2D eigenvalue weighted by Crippen LogP contribution is -2.23. The lowest BCUT2D eigenvalue weighted by Gasteiger charge is -2.16. The van der Waals surface area contributed by atoms with Crippen molar-refractivity contribution in [2.24, 2.45) is 4.99 Å². The molecule has 0 spiro atoms. The molecular weight excluding hydrogens is 401 g/mol. The van der Waals surface area contributed by atoms with Gasteiger partial charge in [-0.1, -0.05) is 66.7 Å². The molecule has 160 valence electrons. The van der Waals surface area contributed by atoms with Crippen LogP contribution in [0.3, 0.4) is 0 Å². The van der Waals surface area contributed by atoms with Gasteiger partial charge in [0.25, 0.3) is 0 Å². The first-order valence-corrected chi connectivity index (χ1v) is 11.2. The topological polar surface area (TPSA) is 74.2 Å². The van der Waals surface area contributed by atoms with E-state index in [4.69, 9.17) is 18.8 Å². The molecular formula is C23H28NO5P. The largest absolute Gasteiger partial charge is 0.464 e. The molecule has 0 N–H and O–H groups in total. The number of rotatable bonds is 10. The zero-order valence-corrected chi connectivity index (χ0v) is 18.7. The van der Waals surface area contributed by atoms with Crippen molar-refractivity contribution in [3.05, 3.63) is 83.2 Å². The number of ether oxygens (including phenoxy) is 1. The first-order valence-electron chi connectivity index (χ1n) is 9.69. The quantitative estimate of drug-likeness (QED) is 0.294. The van der Waals surface area contributed by atoms with Crippen molar-refractivity contribution in [3.63, 3.8) is 0 Å². The molecule has 0 aliphatic carbocycles. The Morgan fingerprint density at radius 3 is 1.93 bits per heavy atom. The summed E-state index contributed by atoms with van der Waals surface area (Å²) in [5.74, 6) is -0.449. The van der Waals surface area contributed by atoms with Crippen LogP contribution in [0.4, 0.5) is 0 Å². The summed E-state index contributed by atoms with van der Waals surface area (Å²) in [5, 5.41) is 0.415. The molecule has 0 saturated carbocycles. The Bertz CT molecular complexity index is 876. The Morgan fingerprint density at radius 1 is 1.00 bits per heavy atom. The summed E-state index contributed by atoms with van der Waals surface area (Å²) in [5.41, 5.74) is 2.46. The fourth-order valence-electron chi connectivity index (χ4n) is 2.86. The highest BCUT2D eigenvalue weighted by Crippen LogP contribution is 2.54. The second kappa shape index (κ2) is 11.6. The number of nitrogens with zero attached hydrogens (tertiary/aromatic N) is 1. The van der Waals surface area contributed by atoms with E-state index in [2.05, 4.69) is 0 Å². The van der Waals surface area contributed by atoms with Crippen LogP contribution in [0.5, 0.6) is 0 Å². The average Bonchev–Trinajstić information content (AvgIpc) is 2.79. The summed E-state index contributed by atoms with van der Waals surface area (Å²) < 4.78 is 27.8. The fourth-order valence-corrected chi connectivity index (χ4v) is 3.91. The third kappa shape index (κ3) is 6.23. The minimum atomic E-state index is -3.36. The molecule has 1 atom stereocenters. The highest BCUT2D eigenvalue weighted by molar-refractivity contribution is 7.58. The standard InChI is InChI=1S/C23H28NO5P/c1-5-29-23(25)21(17-16-18(2)30(26,27-3)28-4)24-22(19-12-8-6-9-13-19)20-14-10-7-11-15-20/h6-16,21H,5,17H2,1-4H3/b18-16+. The maximum atomic E-state index is 12.7. The van der Waals surface area contributed by atoms with Crippen molar-refractivity contribution in [3.8, 4) is 0 Å². The molecule has 0 amide bonds. The van der Waals surface area contributed by atoms with Crippen LogP contribution in [0.2, 0.25) is 0 Å². The summed E-state index contributed by atoms with van der Waals surface area (Å²) in [4.78, 5) is 17.4. The minimum absolute atomic E-state index is 0.199. The van der Waals surface area contributed by atoms with E-state index in [0.717, 1.165) is 11.1 Å². The molecule has 2 rings (SSSR count). The zero-order valence-electron chi connectivity index (χ0n) is 17.8. The lowest BCUT2D eigenvalue weighted by molar-refractivity contribution is -0.144. The van der Waals surface area contributed by atoms with Gasteiger partial charge in [0.05, 0.1) is 12.3 Å². The molecule has 0 aromatic heterocycles. The van der Waals surface area contributed by atoms with Gasteiger partial charge in [-0.05, 0) is 20.3 Å². The van der Waals surface area contributed by atoms with Gasteiger partial charge >= 0.3 is 13.6 Å². The monoisotopic (exact) mass is 429 g/mol. The van der Waals surface area contributed by atoms with E-state index in [9.17, 15) is 9.36 Å². The predicted molar refractivity (Wildman–Crippen MR) is 119 cm³/mol. The van der Waals surface area contributed by atoms with E-state index in [0.29, 0.717) is 11.0 Å². The van der Waals surface area contributed by atoms with Gasteiger partial charge in [-0.3, -0.25) is 9.56 Å². The molecule has 0 aliphatic rings. The molecule has 30 heavy (non-hydrogen) atoms. The molecule has 0 fully saturated rings. The molecule has 7 heteroatoms. The molecule has 0 bridgehead atoms. The van der Waals surface area contributed by atoms with Gasteiger partial charge in [-0.15, -0.1) is 0 Å². The smallest absolute Gasteiger partial charge is 0.356 e. The number of hydrogen-bond acceptors (Lipinski definition) is 6. The third-order valence-electron chi connectivity index (χ3n) is 4.49. The van der Waals surface area contributed by atoms with Crippen LogP contribution in [0.1, 0.15) is 31.4 Å². The maximum Gasteiger partial charge on any atom is 0.356 e. The fraction of sp³-hybridized carbons (Fsp3) is 0.304. The first kappa shape index (κ1) is 23.7.